The predicted molar refractivity (Wildman–Crippen MR) is 83.3 cm³/mol. The van der Waals surface area contributed by atoms with Crippen LogP contribution >= 0.6 is 0 Å². The van der Waals surface area contributed by atoms with Gasteiger partial charge in [-0.05, 0) is 41.6 Å². The molecular weight excluding hydrogens is 230 g/mol. The molecule has 2 aromatic rings. The van der Waals surface area contributed by atoms with Gasteiger partial charge in [-0.1, -0.05) is 68.3 Å². The smallest absolute Gasteiger partial charge is 0.00135 e. The molecule has 0 aromatic heterocycles. The minimum Gasteiger partial charge on any atom is -0.330 e. The van der Waals surface area contributed by atoms with Crippen molar-refractivity contribution in [1.29, 1.82) is 0 Å². The Morgan fingerprint density at radius 3 is 1.79 bits per heavy atom. The van der Waals surface area contributed by atoms with Gasteiger partial charge < -0.3 is 5.73 Å². The van der Waals surface area contributed by atoms with Gasteiger partial charge in [-0.15, -0.1) is 0 Å². The van der Waals surface area contributed by atoms with Crippen LogP contribution in [0.5, 0.6) is 0 Å². The standard InChI is InChI=1S/C13H10.C5H13N/c1-3-7-12-10(5-1)9-11-6-2-4-8-13(11)12;1-2-3-4-5-6/h1-8H,9H2;2-6H2,1H3. The van der Waals surface area contributed by atoms with Crippen molar-refractivity contribution in [3.8, 4) is 11.1 Å². The van der Waals surface area contributed by atoms with Crippen LogP contribution in [0.25, 0.3) is 11.1 Å². The van der Waals surface area contributed by atoms with E-state index in [2.05, 4.69) is 55.5 Å². The molecule has 100 valence electrons. The average Bonchev–Trinajstić information content (AvgIpc) is 2.84. The predicted octanol–water partition coefficient (Wildman–Crippen LogP) is 4.39. The van der Waals surface area contributed by atoms with E-state index >= 15 is 0 Å². The monoisotopic (exact) mass is 253 g/mol. The second-order valence-corrected chi connectivity index (χ2v) is 4.99. The highest BCUT2D eigenvalue weighted by atomic mass is 14.5. The first-order valence-corrected chi connectivity index (χ1v) is 7.23. The number of nitrogens with two attached hydrogens (primary N) is 1. The van der Waals surface area contributed by atoms with Crippen LogP contribution in [0.3, 0.4) is 0 Å². The Morgan fingerprint density at radius 1 is 0.842 bits per heavy atom. The second kappa shape index (κ2) is 7.10. The summed E-state index contributed by atoms with van der Waals surface area (Å²) >= 11 is 0. The summed E-state index contributed by atoms with van der Waals surface area (Å²) in [6, 6.07) is 17.3. The van der Waals surface area contributed by atoms with E-state index in [0.717, 1.165) is 13.0 Å². The molecule has 0 amide bonds. The highest BCUT2D eigenvalue weighted by molar-refractivity contribution is 5.76. The maximum atomic E-state index is 5.21. The summed E-state index contributed by atoms with van der Waals surface area (Å²) in [6.07, 6.45) is 4.86. The third-order valence-electron chi connectivity index (χ3n) is 3.51. The molecule has 2 N–H and O–H groups in total. The molecule has 0 bridgehead atoms. The Morgan fingerprint density at radius 2 is 1.37 bits per heavy atom. The van der Waals surface area contributed by atoms with E-state index in [4.69, 9.17) is 5.73 Å². The van der Waals surface area contributed by atoms with Crippen molar-refractivity contribution in [3.63, 3.8) is 0 Å². The Kier molecular flexibility index (Phi) is 5.17. The van der Waals surface area contributed by atoms with Crippen molar-refractivity contribution in [2.24, 2.45) is 5.73 Å². The highest BCUT2D eigenvalue weighted by Crippen LogP contribution is 2.35. The molecule has 1 aliphatic rings. The number of unbranched alkanes of at least 4 members (excludes halogenated alkanes) is 2. The van der Waals surface area contributed by atoms with Gasteiger partial charge in [0.15, 0.2) is 0 Å². The van der Waals surface area contributed by atoms with Crippen molar-refractivity contribution in [1.82, 2.24) is 0 Å². The lowest BCUT2D eigenvalue weighted by molar-refractivity contribution is 0.727. The van der Waals surface area contributed by atoms with E-state index in [9.17, 15) is 0 Å². The number of hydrogen-bond donors (Lipinski definition) is 1. The van der Waals surface area contributed by atoms with Crippen molar-refractivity contribution >= 4 is 0 Å². The normalized spacial score (nSPS) is 11.3. The first-order valence-electron chi connectivity index (χ1n) is 7.23. The van der Waals surface area contributed by atoms with Gasteiger partial charge in [-0.25, -0.2) is 0 Å². The van der Waals surface area contributed by atoms with Crippen molar-refractivity contribution in [2.45, 2.75) is 32.6 Å². The summed E-state index contributed by atoms with van der Waals surface area (Å²) in [5.41, 5.74) is 11.0. The summed E-state index contributed by atoms with van der Waals surface area (Å²) in [5, 5.41) is 0. The first kappa shape index (κ1) is 13.8. The number of hydrogen-bond acceptors (Lipinski definition) is 1. The quantitative estimate of drug-likeness (QED) is 0.688. The topological polar surface area (TPSA) is 26.0 Å². The summed E-state index contributed by atoms with van der Waals surface area (Å²) in [6.45, 7) is 3.03. The van der Waals surface area contributed by atoms with Crippen LogP contribution in [0.1, 0.15) is 37.3 Å². The molecule has 3 rings (SSSR count). The zero-order valence-corrected chi connectivity index (χ0v) is 11.7. The van der Waals surface area contributed by atoms with Gasteiger partial charge in [0.05, 0.1) is 0 Å². The molecule has 0 atom stereocenters. The van der Waals surface area contributed by atoms with Crippen LogP contribution in [-0.4, -0.2) is 6.54 Å². The fraction of sp³-hybridized carbons (Fsp3) is 0.333. The van der Waals surface area contributed by atoms with Gasteiger partial charge >= 0.3 is 0 Å². The van der Waals surface area contributed by atoms with E-state index in [-0.39, 0.29) is 0 Å². The molecule has 0 unspecified atom stereocenters. The van der Waals surface area contributed by atoms with Crippen molar-refractivity contribution < 1.29 is 0 Å². The second-order valence-electron chi connectivity index (χ2n) is 4.99. The average molecular weight is 253 g/mol. The van der Waals surface area contributed by atoms with E-state index in [1.165, 1.54) is 41.5 Å². The van der Waals surface area contributed by atoms with Crippen molar-refractivity contribution in [2.75, 3.05) is 6.54 Å². The molecule has 0 saturated carbocycles. The van der Waals surface area contributed by atoms with Gasteiger partial charge in [0.25, 0.3) is 0 Å². The van der Waals surface area contributed by atoms with E-state index in [0.29, 0.717) is 0 Å². The minimum absolute atomic E-state index is 0.855. The molecular formula is C18H23N. The molecule has 1 aliphatic carbocycles. The molecule has 0 aliphatic heterocycles. The molecule has 0 spiro atoms. The van der Waals surface area contributed by atoms with E-state index in [1.54, 1.807) is 0 Å². The Labute approximate surface area is 116 Å². The van der Waals surface area contributed by atoms with Gasteiger partial charge in [-0.2, -0.15) is 0 Å². The van der Waals surface area contributed by atoms with Crippen LogP contribution in [0.4, 0.5) is 0 Å². The molecule has 0 heterocycles. The first-order chi connectivity index (χ1) is 9.36. The van der Waals surface area contributed by atoms with Gasteiger partial charge in [0.2, 0.25) is 0 Å². The lowest BCUT2D eigenvalue weighted by Crippen LogP contribution is -1.96. The third-order valence-corrected chi connectivity index (χ3v) is 3.51. The van der Waals surface area contributed by atoms with Crippen LogP contribution < -0.4 is 5.73 Å². The van der Waals surface area contributed by atoms with E-state index < -0.39 is 0 Å². The Hall–Kier alpha value is -1.60. The zero-order chi connectivity index (χ0) is 13.5. The maximum absolute atomic E-state index is 5.21. The lowest BCUT2D eigenvalue weighted by atomic mass is 10.1. The maximum Gasteiger partial charge on any atom is -0.00135 e. The summed E-state index contributed by atoms with van der Waals surface area (Å²) < 4.78 is 0. The minimum atomic E-state index is 0.855. The molecule has 1 heteroatoms. The zero-order valence-electron chi connectivity index (χ0n) is 11.7. The van der Waals surface area contributed by atoms with Crippen molar-refractivity contribution in [3.05, 3.63) is 59.7 Å². The highest BCUT2D eigenvalue weighted by Gasteiger charge is 2.15. The Bertz CT molecular complexity index is 469. The number of rotatable bonds is 3. The summed E-state index contributed by atoms with van der Waals surface area (Å²) in [5.74, 6) is 0. The molecule has 0 saturated heterocycles. The van der Waals surface area contributed by atoms with E-state index in [1.807, 2.05) is 0 Å². The fourth-order valence-electron chi connectivity index (χ4n) is 2.47. The van der Waals surface area contributed by atoms with Crippen LogP contribution in [-0.2, 0) is 6.42 Å². The molecule has 0 fully saturated rings. The molecule has 2 aromatic carbocycles. The summed E-state index contributed by atoms with van der Waals surface area (Å²) in [4.78, 5) is 0. The van der Waals surface area contributed by atoms with Gasteiger partial charge in [0.1, 0.15) is 0 Å². The summed E-state index contributed by atoms with van der Waals surface area (Å²) in [7, 11) is 0. The third kappa shape index (κ3) is 3.45. The van der Waals surface area contributed by atoms with Crippen LogP contribution in [0.2, 0.25) is 0 Å². The van der Waals surface area contributed by atoms with Gasteiger partial charge in [0, 0.05) is 0 Å². The fourth-order valence-corrected chi connectivity index (χ4v) is 2.47. The largest absolute Gasteiger partial charge is 0.330 e. The Balaban J connectivity index is 0.000000192. The molecule has 0 radical (unpaired) electrons. The molecule has 1 nitrogen and oxygen atoms in total. The molecule has 19 heavy (non-hydrogen) atoms. The van der Waals surface area contributed by atoms with Crippen LogP contribution in [0, 0.1) is 0 Å². The SMILES string of the molecule is CCCCCN.c1ccc2c(c1)Cc1ccccc1-2. The van der Waals surface area contributed by atoms with Crippen LogP contribution in [0.15, 0.2) is 48.5 Å². The lowest BCUT2D eigenvalue weighted by Gasteiger charge is -1.98. The van der Waals surface area contributed by atoms with Gasteiger partial charge in [-0.3, -0.25) is 0 Å². The number of fused-ring (bicyclic) bond motifs is 3. The number of benzene rings is 2.